The Morgan fingerprint density at radius 3 is 2.72 bits per heavy atom. The first-order valence-corrected chi connectivity index (χ1v) is 7.42. The molecule has 1 saturated carbocycles. The van der Waals surface area contributed by atoms with Crippen LogP contribution >= 0.6 is 0 Å². The molecule has 18 heavy (non-hydrogen) atoms. The van der Waals surface area contributed by atoms with Gasteiger partial charge in [0.1, 0.15) is 6.17 Å². The molecule has 0 aromatic carbocycles. The van der Waals surface area contributed by atoms with Gasteiger partial charge in [0.05, 0.1) is 0 Å². The molecule has 2 N–H and O–H groups in total. The van der Waals surface area contributed by atoms with Crippen molar-refractivity contribution in [3.63, 3.8) is 0 Å². The number of unbranched alkanes of at least 4 members (excludes halogenated alkanes) is 2. The smallest absolute Gasteiger partial charge is 0.427 e. The van der Waals surface area contributed by atoms with Crippen molar-refractivity contribution in [2.24, 2.45) is 5.92 Å². The van der Waals surface area contributed by atoms with Crippen molar-refractivity contribution in [1.82, 2.24) is 4.90 Å². The molecular formula is C13H25BFNO2. The summed E-state index contributed by atoms with van der Waals surface area (Å²) in [6.45, 7) is 2.10. The van der Waals surface area contributed by atoms with Gasteiger partial charge in [-0.2, -0.15) is 0 Å². The summed E-state index contributed by atoms with van der Waals surface area (Å²) in [6.07, 6.45) is 6.89. The number of alkyl halides is 1. The lowest BCUT2D eigenvalue weighted by molar-refractivity contribution is 0.106. The first-order chi connectivity index (χ1) is 8.68. The lowest BCUT2D eigenvalue weighted by Crippen LogP contribution is -2.39. The largest absolute Gasteiger partial charge is 0.451 e. The van der Waals surface area contributed by atoms with Crippen LogP contribution in [0.25, 0.3) is 0 Å². The van der Waals surface area contributed by atoms with Gasteiger partial charge in [0.15, 0.2) is 0 Å². The van der Waals surface area contributed by atoms with Gasteiger partial charge in [-0.1, -0.05) is 12.8 Å². The van der Waals surface area contributed by atoms with Gasteiger partial charge in [-0.25, -0.2) is 4.39 Å². The van der Waals surface area contributed by atoms with Crippen LogP contribution in [0.3, 0.4) is 0 Å². The van der Waals surface area contributed by atoms with Gasteiger partial charge in [-0.3, -0.25) is 4.90 Å². The fourth-order valence-corrected chi connectivity index (χ4v) is 3.59. The van der Waals surface area contributed by atoms with Crippen LogP contribution in [-0.2, 0) is 0 Å². The zero-order valence-corrected chi connectivity index (χ0v) is 11.1. The molecule has 104 valence electrons. The molecule has 1 aliphatic carbocycles. The van der Waals surface area contributed by atoms with E-state index in [1.807, 2.05) is 0 Å². The average molecular weight is 257 g/mol. The molecule has 3 nitrogen and oxygen atoms in total. The molecule has 1 saturated heterocycles. The maximum atomic E-state index is 13.8. The van der Waals surface area contributed by atoms with Crippen molar-refractivity contribution in [3.8, 4) is 0 Å². The van der Waals surface area contributed by atoms with E-state index in [4.69, 9.17) is 10.0 Å². The average Bonchev–Trinajstić information content (AvgIpc) is 2.73. The number of hydrogen-bond donors (Lipinski definition) is 2. The van der Waals surface area contributed by atoms with Gasteiger partial charge in [0, 0.05) is 12.0 Å². The van der Waals surface area contributed by atoms with E-state index in [1.54, 1.807) is 0 Å². The molecule has 3 atom stereocenters. The highest BCUT2D eigenvalue weighted by Crippen LogP contribution is 2.38. The van der Waals surface area contributed by atoms with E-state index in [2.05, 4.69) is 4.90 Å². The number of halogens is 1. The van der Waals surface area contributed by atoms with Crippen molar-refractivity contribution in [1.29, 1.82) is 0 Å². The Kier molecular flexibility index (Phi) is 5.46. The van der Waals surface area contributed by atoms with Crippen LogP contribution in [0.1, 0.15) is 44.9 Å². The molecule has 0 radical (unpaired) electrons. The molecule has 2 fully saturated rings. The zero-order valence-electron chi connectivity index (χ0n) is 11.1. The zero-order chi connectivity index (χ0) is 13.0. The number of rotatable bonds is 6. The number of hydrogen-bond acceptors (Lipinski definition) is 3. The lowest BCUT2D eigenvalue weighted by atomic mass is 9.83. The third kappa shape index (κ3) is 3.68. The molecule has 1 heterocycles. The summed E-state index contributed by atoms with van der Waals surface area (Å²) in [5.74, 6) is 0.290. The summed E-state index contributed by atoms with van der Waals surface area (Å²) in [6, 6.07) is 0.484. The SMILES string of the molecule is OB(O)CCCCCN1CCC2C(F)CCCC21. The van der Waals surface area contributed by atoms with Crippen molar-refractivity contribution >= 4 is 7.12 Å². The molecule has 1 aliphatic heterocycles. The Labute approximate surface area is 110 Å². The Hall–Kier alpha value is -0.125. The molecule has 2 rings (SSSR count). The Morgan fingerprint density at radius 1 is 1.11 bits per heavy atom. The summed E-state index contributed by atoms with van der Waals surface area (Å²) in [7, 11) is -1.16. The molecule has 0 spiro atoms. The lowest BCUT2D eigenvalue weighted by Gasteiger charge is -2.33. The maximum absolute atomic E-state index is 13.8. The van der Waals surface area contributed by atoms with Crippen molar-refractivity contribution < 1.29 is 14.4 Å². The minimum absolute atomic E-state index is 0.290. The van der Waals surface area contributed by atoms with Crippen molar-refractivity contribution in [2.75, 3.05) is 13.1 Å². The molecule has 0 aromatic heterocycles. The van der Waals surface area contributed by atoms with Gasteiger partial charge in [0.25, 0.3) is 0 Å². The van der Waals surface area contributed by atoms with Crippen molar-refractivity contribution in [3.05, 3.63) is 0 Å². The second kappa shape index (κ2) is 6.87. The van der Waals surface area contributed by atoms with E-state index in [9.17, 15) is 4.39 Å². The van der Waals surface area contributed by atoms with Crippen LogP contribution < -0.4 is 0 Å². The number of nitrogens with zero attached hydrogens (tertiary/aromatic N) is 1. The maximum Gasteiger partial charge on any atom is 0.451 e. The summed E-state index contributed by atoms with van der Waals surface area (Å²) in [5.41, 5.74) is 0. The predicted molar refractivity (Wildman–Crippen MR) is 71.1 cm³/mol. The quantitative estimate of drug-likeness (QED) is 0.563. The molecular weight excluding hydrogens is 232 g/mol. The Morgan fingerprint density at radius 2 is 1.94 bits per heavy atom. The first kappa shape index (κ1) is 14.3. The van der Waals surface area contributed by atoms with Crippen molar-refractivity contribution in [2.45, 2.75) is 63.5 Å². The van der Waals surface area contributed by atoms with Gasteiger partial charge in [0.2, 0.25) is 0 Å². The second-order valence-electron chi connectivity index (χ2n) is 5.83. The molecule has 0 aromatic rings. The fraction of sp³-hybridized carbons (Fsp3) is 1.00. The molecule has 2 aliphatic rings. The topological polar surface area (TPSA) is 43.7 Å². The third-order valence-electron chi connectivity index (χ3n) is 4.56. The van der Waals surface area contributed by atoms with E-state index in [-0.39, 0.29) is 5.92 Å². The number of likely N-dealkylation sites (tertiary alicyclic amines) is 1. The van der Waals surface area contributed by atoms with Crippen LogP contribution in [0.5, 0.6) is 0 Å². The summed E-state index contributed by atoms with van der Waals surface area (Å²) >= 11 is 0. The monoisotopic (exact) mass is 257 g/mol. The van der Waals surface area contributed by atoms with E-state index in [1.165, 1.54) is 6.42 Å². The van der Waals surface area contributed by atoms with Gasteiger partial charge in [-0.05, 0) is 51.5 Å². The minimum Gasteiger partial charge on any atom is -0.427 e. The first-order valence-electron chi connectivity index (χ1n) is 7.42. The van der Waals surface area contributed by atoms with Gasteiger partial charge < -0.3 is 10.0 Å². The highest BCUT2D eigenvalue weighted by Gasteiger charge is 2.40. The van der Waals surface area contributed by atoms with Crippen LogP contribution in [0.4, 0.5) is 4.39 Å². The minimum atomic E-state index is -1.16. The van der Waals surface area contributed by atoms with Crippen LogP contribution in [0.15, 0.2) is 0 Å². The van der Waals surface area contributed by atoms with Crippen LogP contribution in [0.2, 0.25) is 6.32 Å². The van der Waals surface area contributed by atoms with Crippen LogP contribution in [-0.4, -0.2) is 47.4 Å². The molecule has 0 bridgehead atoms. The highest BCUT2D eigenvalue weighted by atomic mass is 19.1. The van der Waals surface area contributed by atoms with Gasteiger partial charge in [-0.15, -0.1) is 0 Å². The summed E-state index contributed by atoms with van der Waals surface area (Å²) < 4.78 is 13.8. The van der Waals surface area contributed by atoms with E-state index >= 15 is 0 Å². The molecule has 3 unspecified atom stereocenters. The van der Waals surface area contributed by atoms with E-state index in [0.717, 1.165) is 51.6 Å². The standard InChI is InChI=1S/C13H25BFNO2/c15-12-5-4-6-13-11(12)7-10-16(13)9-3-1-2-8-14(17)18/h11-13,17-18H,1-10H2. The Bertz CT molecular complexity index is 255. The molecule has 5 heteroatoms. The van der Waals surface area contributed by atoms with E-state index < -0.39 is 13.3 Å². The fourth-order valence-electron chi connectivity index (χ4n) is 3.59. The summed E-state index contributed by atoms with van der Waals surface area (Å²) in [5, 5.41) is 17.5. The normalized spacial score (nSPS) is 32.5. The van der Waals surface area contributed by atoms with E-state index in [0.29, 0.717) is 12.4 Å². The van der Waals surface area contributed by atoms with Gasteiger partial charge >= 0.3 is 7.12 Å². The highest BCUT2D eigenvalue weighted by molar-refractivity contribution is 6.40. The molecule has 0 amide bonds. The third-order valence-corrected chi connectivity index (χ3v) is 4.56. The number of fused-ring (bicyclic) bond motifs is 1. The predicted octanol–water partition coefficient (Wildman–Crippen LogP) is 1.84. The summed E-state index contributed by atoms with van der Waals surface area (Å²) in [4.78, 5) is 2.46. The second-order valence-corrected chi connectivity index (χ2v) is 5.83. The van der Waals surface area contributed by atoms with Crippen LogP contribution in [0, 0.1) is 5.92 Å². The Balaban J connectivity index is 1.65.